The molecule has 2 aromatic rings. The van der Waals surface area contributed by atoms with E-state index in [4.69, 9.17) is 0 Å². The van der Waals surface area contributed by atoms with Gasteiger partial charge >= 0.3 is 37.7 Å². The molecule has 2 aromatic carbocycles. The van der Waals surface area contributed by atoms with Crippen molar-refractivity contribution in [3.8, 4) is 0 Å². The van der Waals surface area contributed by atoms with E-state index in [0.717, 1.165) is 18.5 Å². The molecule has 0 atom stereocenters. The quantitative estimate of drug-likeness (QED) is 0.429. The van der Waals surface area contributed by atoms with Crippen LogP contribution in [-0.2, 0) is 12.8 Å². The van der Waals surface area contributed by atoms with Gasteiger partial charge < -0.3 is 9.80 Å². The van der Waals surface area contributed by atoms with Crippen molar-refractivity contribution in [2.75, 3.05) is 41.3 Å². The predicted octanol–water partition coefficient (Wildman–Crippen LogP) is -3.34. The molecule has 0 heterocycles. The number of likely N-dealkylation sites (N-methyl/N-ethyl adjacent to an activating group) is 2. The van der Waals surface area contributed by atoms with Crippen LogP contribution in [-0.4, -0.2) is 51.1 Å². The molecule has 0 saturated carbocycles. The minimum atomic E-state index is 0. The van der Waals surface area contributed by atoms with Crippen LogP contribution in [0.2, 0.25) is 0 Å². The monoisotopic (exact) mass is 282 g/mol. The van der Waals surface area contributed by atoms with E-state index in [0.29, 0.717) is 0 Å². The maximum absolute atomic E-state index is 3.22. The van der Waals surface area contributed by atoms with Crippen LogP contribution in [0.4, 0.5) is 0 Å². The normalized spacial score (nSPS) is 11.7. The zero-order valence-electron chi connectivity index (χ0n) is 15.0. The molecule has 108 valence electrons. The van der Waals surface area contributed by atoms with Gasteiger partial charge in [-0.3, -0.25) is 17.5 Å². The molecule has 4 heteroatoms. The van der Waals surface area contributed by atoms with Crippen molar-refractivity contribution in [2.24, 2.45) is 0 Å². The number of aryl methyl sites for hydroxylation is 2. The summed E-state index contributed by atoms with van der Waals surface area (Å²) < 4.78 is 0. The molecule has 0 aromatic heterocycles. The van der Waals surface area contributed by atoms with Crippen molar-refractivity contribution in [1.29, 1.82) is 0 Å². The van der Waals surface area contributed by atoms with Gasteiger partial charge in [-0.1, -0.05) is 12.5 Å². The Labute approximate surface area is 159 Å². The fourth-order valence-electron chi connectivity index (χ4n) is 2.42. The fourth-order valence-corrected chi connectivity index (χ4v) is 2.42. The number of nitrogens with zero attached hydrogens (tertiary/aromatic N) is 2. The SMILES string of the molecule is CN(C)CCN(C)C.[Li+].[Li+].[c-]1ccc2c3c(cc[c-]c13)CC2. The second-order valence-electron chi connectivity index (χ2n) is 5.86. The molecule has 0 unspecified atom stereocenters. The second kappa shape index (κ2) is 10.6. The molecule has 0 amide bonds. The number of benzene rings is 2. The van der Waals surface area contributed by atoms with E-state index >= 15 is 0 Å². The average molecular weight is 282 g/mol. The molecular formula is C18H24Li2N2. The van der Waals surface area contributed by atoms with Gasteiger partial charge in [0.15, 0.2) is 0 Å². The first-order valence-corrected chi connectivity index (χ1v) is 7.20. The van der Waals surface area contributed by atoms with E-state index < -0.39 is 0 Å². The Morgan fingerprint density at radius 1 is 0.818 bits per heavy atom. The number of rotatable bonds is 3. The van der Waals surface area contributed by atoms with E-state index in [1.807, 2.05) is 12.1 Å². The Bertz CT molecular complexity index is 521. The first-order chi connectivity index (χ1) is 9.58. The van der Waals surface area contributed by atoms with Crippen molar-refractivity contribution in [2.45, 2.75) is 12.8 Å². The first kappa shape index (κ1) is 21.8. The largest absolute Gasteiger partial charge is 1.00 e. The summed E-state index contributed by atoms with van der Waals surface area (Å²) in [4.78, 5) is 4.36. The van der Waals surface area contributed by atoms with Gasteiger partial charge in [-0.2, -0.15) is 11.5 Å². The van der Waals surface area contributed by atoms with E-state index in [2.05, 4.69) is 62.3 Å². The van der Waals surface area contributed by atoms with Gasteiger partial charge in [0.1, 0.15) is 0 Å². The summed E-state index contributed by atoms with van der Waals surface area (Å²) in [6.45, 7) is 2.29. The minimum absolute atomic E-state index is 0. The van der Waals surface area contributed by atoms with Crippen LogP contribution < -0.4 is 37.7 Å². The van der Waals surface area contributed by atoms with Crippen LogP contribution in [0.5, 0.6) is 0 Å². The molecular weight excluding hydrogens is 258 g/mol. The third-order valence-electron chi connectivity index (χ3n) is 3.57. The van der Waals surface area contributed by atoms with Crippen LogP contribution in [0.3, 0.4) is 0 Å². The zero-order valence-corrected chi connectivity index (χ0v) is 15.0. The molecule has 0 fully saturated rings. The molecule has 3 rings (SSSR count). The van der Waals surface area contributed by atoms with Gasteiger partial charge in [-0.25, -0.2) is 17.7 Å². The van der Waals surface area contributed by atoms with Gasteiger partial charge in [0.05, 0.1) is 0 Å². The van der Waals surface area contributed by atoms with E-state index in [-0.39, 0.29) is 37.7 Å². The first-order valence-electron chi connectivity index (χ1n) is 7.20. The fraction of sp³-hybridized carbons (Fsp3) is 0.444. The van der Waals surface area contributed by atoms with E-state index in [1.54, 1.807) is 0 Å². The Balaban J connectivity index is 0.000000399. The molecule has 0 spiro atoms. The van der Waals surface area contributed by atoms with Crippen molar-refractivity contribution in [1.82, 2.24) is 9.80 Å². The smallest absolute Gasteiger partial charge is 0.308 e. The zero-order chi connectivity index (χ0) is 14.5. The van der Waals surface area contributed by atoms with Crippen LogP contribution >= 0.6 is 0 Å². The topological polar surface area (TPSA) is 6.48 Å². The minimum Gasteiger partial charge on any atom is -0.308 e. The van der Waals surface area contributed by atoms with Crippen molar-refractivity contribution >= 4 is 10.8 Å². The van der Waals surface area contributed by atoms with Crippen LogP contribution in [0.15, 0.2) is 24.3 Å². The molecule has 22 heavy (non-hydrogen) atoms. The van der Waals surface area contributed by atoms with Gasteiger partial charge in [0, 0.05) is 13.1 Å². The van der Waals surface area contributed by atoms with E-state index in [9.17, 15) is 0 Å². The maximum atomic E-state index is 3.22. The summed E-state index contributed by atoms with van der Waals surface area (Å²) in [6, 6.07) is 14.8. The Hall–Kier alpha value is -0.185. The van der Waals surface area contributed by atoms with Crippen molar-refractivity contribution in [3.63, 3.8) is 0 Å². The molecule has 1 aliphatic carbocycles. The van der Waals surface area contributed by atoms with Gasteiger partial charge in [-0.15, -0.1) is 5.56 Å². The molecule has 1 aliphatic rings. The predicted molar refractivity (Wildman–Crippen MR) is 86.1 cm³/mol. The van der Waals surface area contributed by atoms with E-state index in [1.165, 1.54) is 29.4 Å². The standard InChI is InChI=1S/C12H8.C6H16N2.2Li/c1-3-9-4-2-6-11-8-7-10(5-1)12(9)11;1-7(2)5-6-8(3)4;;/h1-2,5-6H,7-8H2;5-6H2,1-4H3;;/q-2;;2*+1. The van der Waals surface area contributed by atoms with Crippen LogP contribution in [0.25, 0.3) is 10.8 Å². The van der Waals surface area contributed by atoms with Gasteiger partial charge in [0.25, 0.3) is 0 Å². The third kappa shape index (κ3) is 6.13. The summed E-state index contributed by atoms with van der Waals surface area (Å²) >= 11 is 0. The van der Waals surface area contributed by atoms with Crippen molar-refractivity contribution < 1.29 is 37.7 Å². The molecule has 0 bridgehead atoms. The number of hydrogen-bond acceptors (Lipinski definition) is 2. The Kier molecular flexibility index (Phi) is 10.5. The summed E-state index contributed by atoms with van der Waals surface area (Å²) in [7, 11) is 8.35. The molecule has 0 radical (unpaired) electrons. The molecule has 0 N–H and O–H groups in total. The summed E-state index contributed by atoms with van der Waals surface area (Å²) in [5.41, 5.74) is 2.94. The van der Waals surface area contributed by atoms with Gasteiger partial charge in [-0.05, 0) is 34.6 Å². The van der Waals surface area contributed by atoms with Crippen LogP contribution in [0, 0.1) is 12.1 Å². The number of hydrogen-bond donors (Lipinski definition) is 0. The third-order valence-corrected chi connectivity index (χ3v) is 3.57. The second-order valence-corrected chi connectivity index (χ2v) is 5.86. The summed E-state index contributed by atoms with van der Waals surface area (Å²) in [6.07, 6.45) is 2.39. The van der Waals surface area contributed by atoms with Crippen molar-refractivity contribution in [3.05, 3.63) is 47.5 Å². The maximum Gasteiger partial charge on any atom is 1.00 e. The molecule has 0 saturated heterocycles. The average Bonchev–Trinajstić information content (AvgIpc) is 2.84. The Morgan fingerprint density at radius 2 is 1.23 bits per heavy atom. The molecule has 2 nitrogen and oxygen atoms in total. The summed E-state index contributed by atoms with van der Waals surface area (Å²) in [5.74, 6) is 0. The Morgan fingerprint density at radius 3 is 1.59 bits per heavy atom. The van der Waals surface area contributed by atoms with Gasteiger partial charge in [0.2, 0.25) is 0 Å². The summed E-state index contributed by atoms with van der Waals surface area (Å²) in [5, 5.41) is 2.56. The molecule has 0 aliphatic heterocycles. The van der Waals surface area contributed by atoms with Crippen LogP contribution in [0.1, 0.15) is 11.1 Å².